The summed E-state index contributed by atoms with van der Waals surface area (Å²) >= 11 is 0. The molecule has 0 fully saturated rings. The molecule has 0 aliphatic carbocycles. The third-order valence-electron chi connectivity index (χ3n) is 1.64. The number of rotatable bonds is 6. The van der Waals surface area contributed by atoms with Crippen molar-refractivity contribution in [2.75, 3.05) is 20.2 Å². The van der Waals surface area contributed by atoms with Gasteiger partial charge < -0.3 is 9.64 Å². The zero-order valence-corrected chi connectivity index (χ0v) is 9.64. The lowest BCUT2D eigenvalue weighted by atomic mass is 10.3. The van der Waals surface area contributed by atoms with Crippen molar-refractivity contribution in [2.24, 2.45) is 0 Å². The van der Waals surface area contributed by atoms with Gasteiger partial charge in [-0.1, -0.05) is 6.08 Å². The summed E-state index contributed by atoms with van der Waals surface area (Å²) in [6.07, 6.45) is 6.55. The van der Waals surface area contributed by atoms with Crippen molar-refractivity contribution >= 4 is 5.97 Å². The van der Waals surface area contributed by atoms with E-state index in [0.717, 1.165) is 0 Å². The van der Waals surface area contributed by atoms with Gasteiger partial charge in [0, 0.05) is 13.6 Å². The Morgan fingerprint density at radius 3 is 2.81 bits per heavy atom. The molecular weight excluding hydrogens is 204 g/mol. The normalized spacial score (nSPS) is 10.9. The van der Waals surface area contributed by atoms with Gasteiger partial charge in [0.2, 0.25) is 0 Å². The number of likely N-dealkylation sites (N-methyl/N-ethyl adjacent to an activating group) is 1. The molecule has 16 heavy (non-hydrogen) atoms. The van der Waals surface area contributed by atoms with Crippen molar-refractivity contribution in [2.45, 2.75) is 6.92 Å². The molecule has 0 amide bonds. The van der Waals surface area contributed by atoms with Crippen LogP contribution in [-0.4, -0.2) is 31.1 Å². The molecular formula is C12H16N2O2. The Labute approximate surface area is 96.1 Å². The molecule has 4 nitrogen and oxygen atoms in total. The minimum absolute atomic E-state index is 0.00916. The zero-order chi connectivity index (χ0) is 12.4. The highest BCUT2D eigenvalue weighted by Gasteiger charge is 2.07. The summed E-state index contributed by atoms with van der Waals surface area (Å²) in [5, 5.41) is 8.71. The summed E-state index contributed by atoms with van der Waals surface area (Å²) in [6, 6.07) is 1.79. The lowest BCUT2D eigenvalue weighted by Gasteiger charge is -2.08. The monoisotopic (exact) mass is 220 g/mol. The second-order valence-electron chi connectivity index (χ2n) is 2.98. The molecule has 86 valence electrons. The van der Waals surface area contributed by atoms with Crippen molar-refractivity contribution in [1.29, 1.82) is 5.26 Å². The van der Waals surface area contributed by atoms with E-state index in [0.29, 0.717) is 6.54 Å². The van der Waals surface area contributed by atoms with Crippen molar-refractivity contribution in [3.63, 3.8) is 0 Å². The third-order valence-corrected chi connectivity index (χ3v) is 1.64. The van der Waals surface area contributed by atoms with Crippen LogP contribution in [-0.2, 0) is 9.53 Å². The average Bonchev–Trinajstić information content (AvgIpc) is 2.25. The molecule has 0 heterocycles. The smallest absolute Gasteiger partial charge is 0.348 e. The van der Waals surface area contributed by atoms with Gasteiger partial charge in [0.15, 0.2) is 0 Å². The van der Waals surface area contributed by atoms with Crippen LogP contribution in [0.4, 0.5) is 0 Å². The number of hydrogen-bond donors (Lipinski definition) is 0. The molecule has 4 heteroatoms. The molecule has 0 N–H and O–H groups in total. The van der Waals surface area contributed by atoms with Gasteiger partial charge in [0.05, 0.1) is 6.61 Å². The molecule has 0 aromatic rings. The number of hydrogen-bond acceptors (Lipinski definition) is 4. The quantitative estimate of drug-likeness (QED) is 0.224. The number of ether oxygens (including phenoxy) is 1. The van der Waals surface area contributed by atoms with Crippen LogP contribution in [0.25, 0.3) is 0 Å². The average molecular weight is 220 g/mol. The van der Waals surface area contributed by atoms with Crippen LogP contribution in [0.3, 0.4) is 0 Å². The van der Waals surface area contributed by atoms with Crippen LogP contribution >= 0.6 is 0 Å². The fraction of sp³-hybridized carbons (Fsp3) is 0.333. The summed E-state index contributed by atoms with van der Waals surface area (Å²) in [5.74, 6) is -0.596. The van der Waals surface area contributed by atoms with Gasteiger partial charge in [0.1, 0.15) is 11.6 Å². The summed E-state index contributed by atoms with van der Waals surface area (Å²) in [5.41, 5.74) is -0.00916. The van der Waals surface area contributed by atoms with E-state index in [2.05, 4.69) is 6.58 Å². The van der Waals surface area contributed by atoms with E-state index in [1.54, 1.807) is 31.3 Å². The number of nitriles is 1. The highest BCUT2D eigenvalue weighted by molar-refractivity contribution is 5.93. The van der Waals surface area contributed by atoms with Crippen molar-refractivity contribution in [3.8, 4) is 6.07 Å². The Bertz CT molecular complexity index is 337. The second kappa shape index (κ2) is 8.30. The molecule has 0 saturated carbocycles. The van der Waals surface area contributed by atoms with E-state index < -0.39 is 5.97 Å². The molecule has 0 spiro atoms. The maximum atomic E-state index is 11.2. The van der Waals surface area contributed by atoms with Crippen LogP contribution in [0.2, 0.25) is 0 Å². The summed E-state index contributed by atoms with van der Waals surface area (Å²) in [4.78, 5) is 13.1. The Morgan fingerprint density at radius 1 is 1.62 bits per heavy atom. The van der Waals surface area contributed by atoms with Gasteiger partial charge in [-0.15, -0.1) is 6.58 Å². The molecule has 0 aliphatic rings. The number of allylic oxidation sites excluding steroid dienone is 2. The molecule has 0 aromatic heterocycles. The van der Waals surface area contributed by atoms with Gasteiger partial charge in [0.25, 0.3) is 0 Å². The third kappa shape index (κ3) is 5.66. The first kappa shape index (κ1) is 14.0. The topological polar surface area (TPSA) is 53.3 Å². The molecule has 0 atom stereocenters. The van der Waals surface area contributed by atoms with Gasteiger partial charge in [-0.05, 0) is 25.3 Å². The highest BCUT2D eigenvalue weighted by Crippen LogP contribution is 1.97. The van der Waals surface area contributed by atoms with E-state index >= 15 is 0 Å². The van der Waals surface area contributed by atoms with Gasteiger partial charge in [-0.3, -0.25) is 0 Å². The second-order valence-corrected chi connectivity index (χ2v) is 2.98. The van der Waals surface area contributed by atoms with E-state index in [4.69, 9.17) is 10.00 Å². The number of carbonyl (C=O) groups is 1. The van der Waals surface area contributed by atoms with Crippen molar-refractivity contribution < 1.29 is 9.53 Å². The van der Waals surface area contributed by atoms with Gasteiger partial charge in [-0.2, -0.15) is 5.26 Å². The van der Waals surface area contributed by atoms with Crippen LogP contribution < -0.4 is 0 Å². The van der Waals surface area contributed by atoms with Crippen LogP contribution in [0.5, 0.6) is 0 Å². The lowest BCUT2D eigenvalue weighted by Crippen LogP contribution is -2.09. The summed E-state index contributed by atoms with van der Waals surface area (Å²) in [7, 11) is 1.86. The fourth-order valence-electron chi connectivity index (χ4n) is 0.910. The lowest BCUT2D eigenvalue weighted by molar-refractivity contribution is -0.138. The first-order valence-corrected chi connectivity index (χ1v) is 4.92. The van der Waals surface area contributed by atoms with Crippen LogP contribution in [0.1, 0.15) is 6.92 Å². The van der Waals surface area contributed by atoms with E-state index in [-0.39, 0.29) is 12.2 Å². The van der Waals surface area contributed by atoms with Gasteiger partial charge in [-0.25, -0.2) is 4.79 Å². The standard InChI is InChI=1S/C12H16N2O2/c1-4-8-14(3)9-6-7-11(10-13)12(15)16-5-2/h4,6-7,9H,1,5,8H2,2-3H3. The Morgan fingerprint density at radius 2 is 2.31 bits per heavy atom. The summed E-state index contributed by atoms with van der Waals surface area (Å²) in [6.45, 7) is 6.25. The number of esters is 1. The number of nitrogens with zero attached hydrogens (tertiary/aromatic N) is 2. The zero-order valence-electron chi connectivity index (χ0n) is 9.64. The molecule has 0 bridgehead atoms. The predicted octanol–water partition coefficient (Wildman–Crippen LogP) is 1.63. The maximum Gasteiger partial charge on any atom is 0.348 e. The first-order chi connectivity index (χ1) is 7.65. The number of carbonyl (C=O) groups excluding carboxylic acids is 1. The first-order valence-electron chi connectivity index (χ1n) is 4.92. The van der Waals surface area contributed by atoms with E-state index in [1.807, 2.05) is 11.9 Å². The molecule has 0 rings (SSSR count). The van der Waals surface area contributed by atoms with E-state index in [1.165, 1.54) is 6.08 Å². The predicted molar refractivity (Wildman–Crippen MR) is 62.3 cm³/mol. The Hall–Kier alpha value is -2.02. The van der Waals surface area contributed by atoms with Gasteiger partial charge >= 0.3 is 5.97 Å². The minimum atomic E-state index is -0.596. The molecule has 0 aliphatic heterocycles. The van der Waals surface area contributed by atoms with Crippen LogP contribution in [0.15, 0.2) is 36.6 Å². The van der Waals surface area contributed by atoms with Crippen LogP contribution in [0, 0.1) is 11.3 Å². The fourth-order valence-corrected chi connectivity index (χ4v) is 0.910. The Kier molecular flexibility index (Phi) is 7.25. The highest BCUT2D eigenvalue weighted by atomic mass is 16.5. The van der Waals surface area contributed by atoms with Crippen molar-refractivity contribution in [1.82, 2.24) is 4.90 Å². The summed E-state index contributed by atoms with van der Waals surface area (Å²) < 4.78 is 4.71. The largest absolute Gasteiger partial charge is 0.462 e. The molecule has 0 unspecified atom stereocenters. The molecule has 0 radical (unpaired) electrons. The molecule has 0 aromatic carbocycles. The minimum Gasteiger partial charge on any atom is -0.462 e. The Balaban J connectivity index is 4.43. The maximum absolute atomic E-state index is 11.2. The van der Waals surface area contributed by atoms with E-state index in [9.17, 15) is 4.79 Å². The SMILES string of the molecule is C=CCN(C)C=CC=C(C#N)C(=O)OCC. The molecule has 0 saturated heterocycles. The van der Waals surface area contributed by atoms with Crippen molar-refractivity contribution in [3.05, 3.63) is 36.6 Å².